The molecular weight excluding hydrogens is 426 g/mol. The van der Waals surface area contributed by atoms with E-state index in [2.05, 4.69) is 57.6 Å². The van der Waals surface area contributed by atoms with Crippen molar-refractivity contribution in [3.05, 3.63) is 53.3 Å². The van der Waals surface area contributed by atoms with Gasteiger partial charge in [-0.05, 0) is 61.4 Å². The summed E-state index contributed by atoms with van der Waals surface area (Å²) in [5, 5.41) is 0.382. The van der Waals surface area contributed by atoms with Crippen molar-refractivity contribution in [1.29, 1.82) is 0 Å². The quantitative estimate of drug-likeness (QED) is 0.343. The van der Waals surface area contributed by atoms with Gasteiger partial charge in [0.05, 0.1) is 12.2 Å². The molecule has 6 nitrogen and oxygen atoms in total. The lowest BCUT2D eigenvalue weighted by atomic mass is 10.1. The third-order valence-electron chi connectivity index (χ3n) is 6.75. The van der Waals surface area contributed by atoms with E-state index < -0.39 is 8.32 Å². The van der Waals surface area contributed by atoms with Gasteiger partial charge in [0, 0.05) is 25.0 Å². The van der Waals surface area contributed by atoms with Crippen LogP contribution in [0.5, 0.6) is 0 Å². The second-order valence-electron chi connectivity index (χ2n) is 9.90. The zero-order valence-electron chi connectivity index (χ0n) is 18.8. The second-order valence-corrected chi connectivity index (χ2v) is 14.8. The van der Waals surface area contributed by atoms with Crippen LogP contribution in [0.25, 0.3) is 5.65 Å². The Labute approximate surface area is 190 Å². The molecule has 0 radical (unpaired) electrons. The van der Waals surface area contributed by atoms with Crippen LogP contribution in [-0.4, -0.2) is 39.0 Å². The number of nitrogens with zero attached hydrogens (tertiary/aromatic N) is 5. The fraction of sp³-hybridized carbons (Fsp3) is 0.522. The third kappa shape index (κ3) is 5.27. The van der Waals surface area contributed by atoms with E-state index in [4.69, 9.17) is 16.6 Å². The molecular formula is C23H32ClN5OSi. The van der Waals surface area contributed by atoms with E-state index in [1.54, 1.807) is 6.07 Å². The molecule has 166 valence electrons. The predicted molar refractivity (Wildman–Crippen MR) is 128 cm³/mol. The maximum absolute atomic E-state index is 10.6. The zero-order valence-corrected chi connectivity index (χ0v) is 20.6. The molecule has 0 amide bonds. The predicted octanol–water partition coefficient (Wildman–Crippen LogP) is 5.42. The first kappa shape index (κ1) is 22.2. The maximum atomic E-state index is 10.6. The van der Waals surface area contributed by atoms with Gasteiger partial charge in [-0.3, -0.25) is 0 Å². The Kier molecular flexibility index (Phi) is 6.11. The van der Waals surface area contributed by atoms with Crippen LogP contribution in [0.4, 0.5) is 5.82 Å². The average molecular weight is 458 g/mol. The fourth-order valence-corrected chi connectivity index (χ4v) is 4.71. The van der Waals surface area contributed by atoms with Crippen LogP contribution in [0.3, 0.4) is 0 Å². The molecule has 1 aliphatic carbocycles. The van der Waals surface area contributed by atoms with Gasteiger partial charge in [-0.15, -0.1) is 0 Å². The number of hydrogen-bond donors (Lipinski definition) is 1. The van der Waals surface area contributed by atoms with Crippen LogP contribution in [-0.2, 0) is 6.54 Å². The molecule has 0 spiro atoms. The Balaban J connectivity index is 1.52. The van der Waals surface area contributed by atoms with Crippen molar-refractivity contribution >= 4 is 31.4 Å². The molecule has 0 saturated heterocycles. The number of hydrogen-bond acceptors (Lipinski definition) is 5. The molecule has 3 aromatic rings. The van der Waals surface area contributed by atoms with Gasteiger partial charge in [0.15, 0.2) is 8.32 Å². The smallest absolute Gasteiger partial charge is 0.188 e. The minimum Gasteiger partial charge on any atom is -0.432 e. The fourth-order valence-electron chi connectivity index (χ4n) is 3.78. The van der Waals surface area contributed by atoms with E-state index in [9.17, 15) is 4.80 Å². The summed E-state index contributed by atoms with van der Waals surface area (Å²) in [5.41, 5.74) is 3.36. The zero-order chi connectivity index (χ0) is 22.2. The van der Waals surface area contributed by atoms with Gasteiger partial charge in [0.2, 0.25) is 0 Å². The van der Waals surface area contributed by atoms with Crippen molar-refractivity contribution in [3.8, 4) is 0 Å². The van der Waals surface area contributed by atoms with E-state index in [0.29, 0.717) is 11.7 Å². The number of fused-ring (bicyclic) bond motifs is 1. The minimum atomic E-state index is -2.23. The summed E-state index contributed by atoms with van der Waals surface area (Å²) in [6, 6.07) is 6.12. The Bertz CT molecular complexity index is 1060. The monoisotopic (exact) mass is 457 g/mol. The van der Waals surface area contributed by atoms with Crippen LogP contribution in [0.15, 0.2) is 36.9 Å². The van der Waals surface area contributed by atoms with Crippen molar-refractivity contribution < 1.29 is 4.80 Å². The summed E-state index contributed by atoms with van der Waals surface area (Å²) in [7, 11) is -2.23. The first-order valence-electron chi connectivity index (χ1n) is 11.0. The number of anilines is 1. The maximum Gasteiger partial charge on any atom is 0.188 e. The molecule has 3 aromatic heterocycles. The van der Waals surface area contributed by atoms with Gasteiger partial charge >= 0.3 is 0 Å². The molecule has 8 heteroatoms. The van der Waals surface area contributed by atoms with Gasteiger partial charge in [0.1, 0.15) is 22.9 Å². The molecule has 4 rings (SSSR count). The SMILES string of the molecule is CC(C)(CCCN(Cc1cn2cc(C3CC3)ccc2n1)c1cc(Cl)ncn1)[Si](C)(C)O. The normalized spacial score (nSPS) is 14.9. The lowest BCUT2D eigenvalue weighted by Gasteiger charge is -2.35. The van der Waals surface area contributed by atoms with E-state index >= 15 is 0 Å². The summed E-state index contributed by atoms with van der Waals surface area (Å²) in [6.45, 7) is 9.83. The van der Waals surface area contributed by atoms with Gasteiger partial charge in [-0.1, -0.05) is 31.5 Å². The highest BCUT2D eigenvalue weighted by molar-refractivity contribution is 6.72. The third-order valence-corrected chi connectivity index (χ3v) is 10.5. The van der Waals surface area contributed by atoms with E-state index in [0.717, 1.165) is 42.5 Å². The van der Waals surface area contributed by atoms with Crippen LogP contribution in [0, 0.1) is 0 Å². The van der Waals surface area contributed by atoms with Crippen molar-refractivity contribution in [3.63, 3.8) is 0 Å². The Morgan fingerprint density at radius 2 is 2.00 bits per heavy atom. The second kappa shape index (κ2) is 8.52. The van der Waals surface area contributed by atoms with Gasteiger partial charge < -0.3 is 14.1 Å². The van der Waals surface area contributed by atoms with E-state index in [1.165, 1.54) is 24.7 Å². The summed E-state index contributed by atoms with van der Waals surface area (Å²) in [5.74, 6) is 1.52. The van der Waals surface area contributed by atoms with Gasteiger partial charge in [-0.25, -0.2) is 15.0 Å². The molecule has 0 aliphatic heterocycles. The molecule has 1 saturated carbocycles. The standard InChI is InChI=1S/C23H32ClN5OSi/c1-23(2,31(3,4)30)10-5-11-28(22-12-20(24)25-16-26-22)14-19-15-29-13-18(17-6-7-17)8-9-21(29)27-19/h8-9,12-13,15-17,30H,5-7,10-11,14H2,1-4H3. The lowest BCUT2D eigenvalue weighted by molar-refractivity contribution is 0.442. The Hall–Kier alpha value is -1.96. The van der Waals surface area contributed by atoms with Crippen molar-refractivity contribution in [2.24, 2.45) is 0 Å². The van der Waals surface area contributed by atoms with E-state index in [1.807, 2.05) is 13.1 Å². The summed E-state index contributed by atoms with van der Waals surface area (Å²) in [6.07, 6.45) is 10.3. The van der Waals surface area contributed by atoms with Crippen LogP contribution >= 0.6 is 11.6 Å². The van der Waals surface area contributed by atoms with Crippen molar-refractivity contribution in [2.75, 3.05) is 11.4 Å². The first-order valence-corrected chi connectivity index (χ1v) is 14.4. The van der Waals surface area contributed by atoms with Crippen LogP contribution < -0.4 is 4.90 Å². The van der Waals surface area contributed by atoms with Crippen molar-refractivity contribution in [1.82, 2.24) is 19.4 Å². The molecule has 0 aromatic carbocycles. The van der Waals surface area contributed by atoms with Gasteiger partial charge in [-0.2, -0.15) is 0 Å². The summed E-state index contributed by atoms with van der Waals surface area (Å²) in [4.78, 5) is 26.1. The molecule has 1 aliphatic rings. The largest absolute Gasteiger partial charge is 0.432 e. The highest BCUT2D eigenvalue weighted by atomic mass is 35.5. The lowest BCUT2D eigenvalue weighted by Crippen LogP contribution is -2.39. The number of imidazole rings is 1. The highest BCUT2D eigenvalue weighted by Crippen LogP contribution is 2.40. The topological polar surface area (TPSA) is 66.5 Å². The first-order chi connectivity index (χ1) is 14.6. The average Bonchev–Trinajstić information content (AvgIpc) is 3.46. The minimum absolute atomic E-state index is 0.0513. The van der Waals surface area contributed by atoms with Crippen LogP contribution in [0.2, 0.25) is 23.3 Å². The van der Waals surface area contributed by atoms with Gasteiger partial charge in [0.25, 0.3) is 0 Å². The number of rotatable bonds is 9. The molecule has 31 heavy (non-hydrogen) atoms. The molecule has 0 unspecified atom stereocenters. The Morgan fingerprint density at radius 3 is 2.68 bits per heavy atom. The highest BCUT2D eigenvalue weighted by Gasteiger charge is 2.37. The molecule has 0 bridgehead atoms. The van der Waals surface area contributed by atoms with Crippen molar-refractivity contribution in [2.45, 2.75) is 70.1 Å². The molecule has 1 N–H and O–H groups in total. The van der Waals surface area contributed by atoms with Crippen LogP contribution in [0.1, 0.15) is 56.7 Å². The summed E-state index contributed by atoms with van der Waals surface area (Å²) < 4.78 is 2.14. The Morgan fingerprint density at radius 1 is 1.23 bits per heavy atom. The molecule has 0 atom stereocenters. The number of aromatic nitrogens is 4. The van der Waals surface area contributed by atoms with E-state index in [-0.39, 0.29) is 5.04 Å². The number of pyridine rings is 1. The summed E-state index contributed by atoms with van der Waals surface area (Å²) >= 11 is 6.15. The number of halogens is 1. The molecule has 1 fully saturated rings. The molecule has 3 heterocycles.